The number of amides is 1. The van der Waals surface area contributed by atoms with Crippen LogP contribution >= 0.6 is 11.6 Å². The largest absolute Gasteiger partial charge is 0.492 e. The molecule has 0 radical (unpaired) electrons. The van der Waals surface area contributed by atoms with Gasteiger partial charge in [0.25, 0.3) is 0 Å². The lowest BCUT2D eigenvalue weighted by Crippen LogP contribution is -2.45. The summed E-state index contributed by atoms with van der Waals surface area (Å²) in [7, 11) is 0. The lowest BCUT2D eigenvalue weighted by Gasteiger charge is -2.30. The second-order valence-electron chi connectivity index (χ2n) is 6.08. The molecule has 2 aliphatic rings. The number of nitrogens with two attached hydrogens (primary N) is 1. The molecule has 0 bridgehead atoms. The zero-order valence-electron chi connectivity index (χ0n) is 12.0. The molecule has 1 unspecified atom stereocenters. The van der Waals surface area contributed by atoms with Gasteiger partial charge in [-0.15, -0.1) is 0 Å². The minimum atomic E-state index is -0.133. The number of hydrogen-bond donors (Lipinski definition) is 2. The highest BCUT2D eigenvalue weighted by Crippen LogP contribution is 2.30. The molecule has 3 N–H and O–H groups in total. The van der Waals surface area contributed by atoms with E-state index >= 15 is 0 Å². The number of rotatable bonds is 2. The van der Waals surface area contributed by atoms with Crippen molar-refractivity contribution >= 4 is 17.5 Å². The van der Waals surface area contributed by atoms with E-state index in [0.717, 1.165) is 37.0 Å². The molecule has 1 aromatic carbocycles. The number of carbonyl (C=O) groups excluding carboxylic acids is 1. The first kappa shape index (κ1) is 14.7. The van der Waals surface area contributed by atoms with Crippen molar-refractivity contribution in [1.29, 1.82) is 0 Å². The van der Waals surface area contributed by atoms with E-state index in [2.05, 4.69) is 5.32 Å². The van der Waals surface area contributed by atoms with Gasteiger partial charge < -0.3 is 15.8 Å². The fraction of sp³-hybridized carbons (Fsp3) is 0.562. The monoisotopic (exact) mass is 308 g/mol. The molecule has 1 fully saturated rings. The summed E-state index contributed by atoms with van der Waals surface area (Å²) in [5, 5.41) is 3.83. The minimum absolute atomic E-state index is 0.0843. The quantitative estimate of drug-likeness (QED) is 0.881. The van der Waals surface area contributed by atoms with Crippen molar-refractivity contribution < 1.29 is 9.53 Å². The number of fused-ring (bicyclic) bond motifs is 1. The normalized spacial score (nSPS) is 28.4. The van der Waals surface area contributed by atoms with Gasteiger partial charge >= 0.3 is 0 Å². The summed E-state index contributed by atoms with van der Waals surface area (Å²) in [4.78, 5) is 12.4. The lowest BCUT2D eigenvalue weighted by atomic mass is 9.90. The molecule has 4 nitrogen and oxygen atoms in total. The average Bonchev–Trinajstić information content (AvgIpc) is 2.48. The van der Waals surface area contributed by atoms with Crippen LogP contribution in [0.3, 0.4) is 0 Å². The van der Waals surface area contributed by atoms with Gasteiger partial charge in [0.05, 0.1) is 5.92 Å². The standard InChI is InChI=1S/C16H21ClN2O2/c17-12-1-6-15-10(8-12)7-11(9-21-15)16(20)19-14-4-2-13(18)3-5-14/h1,6,8,11,13-14H,2-5,7,9,18H2,(H,19,20). The molecule has 0 saturated heterocycles. The Labute approximate surface area is 130 Å². The Morgan fingerprint density at radius 2 is 2.05 bits per heavy atom. The fourth-order valence-corrected chi connectivity index (χ4v) is 3.31. The molecule has 21 heavy (non-hydrogen) atoms. The Bertz CT molecular complexity index is 527. The summed E-state index contributed by atoms with van der Waals surface area (Å²) in [6.07, 6.45) is 4.62. The second kappa shape index (κ2) is 6.24. The van der Waals surface area contributed by atoms with E-state index in [9.17, 15) is 4.79 Å². The zero-order valence-corrected chi connectivity index (χ0v) is 12.7. The predicted octanol–water partition coefficient (Wildman–Crippen LogP) is 2.28. The molecule has 0 spiro atoms. The van der Waals surface area contributed by atoms with E-state index in [1.165, 1.54) is 0 Å². The van der Waals surface area contributed by atoms with Crippen molar-refractivity contribution in [2.45, 2.75) is 44.2 Å². The summed E-state index contributed by atoms with van der Waals surface area (Å²) in [5.74, 6) is 0.791. The third-order valence-electron chi connectivity index (χ3n) is 4.42. The van der Waals surface area contributed by atoms with Crippen LogP contribution in [0.1, 0.15) is 31.2 Å². The highest BCUT2D eigenvalue weighted by molar-refractivity contribution is 6.30. The van der Waals surface area contributed by atoms with Crippen LogP contribution in [0.5, 0.6) is 5.75 Å². The van der Waals surface area contributed by atoms with Gasteiger partial charge in [-0.3, -0.25) is 4.79 Å². The van der Waals surface area contributed by atoms with E-state index in [-0.39, 0.29) is 17.9 Å². The summed E-state index contributed by atoms with van der Waals surface area (Å²) < 4.78 is 5.68. The van der Waals surface area contributed by atoms with Crippen molar-refractivity contribution in [3.63, 3.8) is 0 Å². The Morgan fingerprint density at radius 1 is 1.29 bits per heavy atom. The van der Waals surface area contributed by atoms with Gasteiger partial charge in [-0.05, 0) is 55.9 Å². The van der Waals surface area contributed by atoms with Crippen LogP contribution in [-0.4, -0.2) is 24.6 Å². The third kappa shape index (κ3) is 3.50. The van der Waals surface area contributed by atoms with E-state index in [4.69, 9.17) is 22.1 Å². The first-order valence-electron chi connectivity index (χ1n) is 7.59. The maximum atomic E-state index is 12.4. The van der Waals surface area contributed by atoms with E-state index in [1.807, 2.05) is 18.2 Å². The van der Waals surface area contributed by atoms with Crippen LogP contribution in [0, 0.1) is 5.92 Å². The highest BCUT2D eigenvalue weighted by atomic mass is 35.5. The molecule has 1 aliphatic carbocycles. The number of ether oxygens (including phenoxy) is 1. The summed E-state index contributed by atoms with van der Waals surface area (Å²) in [6, 6.07) is 6.12. The molecule has 0 aromatic heterocycles. The molecule has 1 aliphatic heterocycles. The number of carbonyl (C=O) groups is 1. The first-order chi connectivity index (χ1) is 10.1. The van der Waals surface area contributed by atoms with Gasteiger partial charge in [0.1, 0.15) is 12.4 Å². The van der Waals surface area contributed by atoms with Crippen molar-refractivity contribution in [2.24, 2.45) is 11.7 Å². The Kier molecular flexibility index (Phi) is 4.36. The molecule has 1 atom stereocenters. The molecule has 1 aromatic rings. The summed E-state index contributed by atoms with van der Waals surface area (Å²) in [6.45, 7) is 0.437. The number of benzene rings is 1. The minimum Gasteiger partial charge on any atom is -0.492 e. The second-order valence-corrected chi connectivity index (χ2v) is 6.52. The van der Waals surface area contributed by atoms with E-state index in [1.54, 1.807) is 0 Å². The highest BCUT2D eigenvalue weighted by Gasteiger charge is 2.28. The molecular formula is C16H21ClN2O2. The molecule has 1 saturated carbocycles. The van der Waals surface area contributed by atoms with Gasteiger partial charge in [0, 0.05) is 17.1 Å². The van der Waals surface area contributed by atoms with E-state index in [0.29, 0.717) is 24.1 Å². The van der Waals surface area contributed by atoms with Gasteiger partial charge in [-0.1, -0.05) is 11.6 Å². The molecule has 1 amide bonds. The van der Waals surface area contributed by atoms with Gasteiger partial charge in [0.15, 0.2) is 0 Å². The number of hydrogen-bond acceptors (Lipinski definition) is 3. The van der Waals surface area contributed by atoms with Crippen LogP contribution in [0.15, 0.2) is 18.2 Å². The number of nitrogens with one attached hydrogen (secondary N) is 1. The summed E-state index contributed by atoms with van der Waals surface area (Å²) in [5.41, 5.74) is 6.91. The molecule has 1 heterocycles. The molecule has 5 heteroatoms. The smallest absolute Gasteiger partial charge is 0.227 e. The third-order valence-corrected chi connectivity index (χ3v) is 4.65. The topological polar surface area (TPSA) is 64.3 Å². The first-order valence-corrected chi connectivity index (χ1v) is 7.97. The van der Waals surface area contributed by atoms with Crippen LogP contribution < -0.4 is 15.8 Å². The van der Waals surface area contributed by atoms with Gasteiger partial charge in [0.2, 0.25) is 5.91 Å². The Morgan fingerprint density at radius 3 is 2.81 bits per heavy atom. The maximum absolute atomic E-state index is 12.4. The molecule has 3 rings (SSSR count). The Hall–Kier alpha value is -1.26. The SMILES string of the molecule is NC1CCC(NC(=O)C2COc3ccc(Cl)cc3C2)CC1. The van der Waals surface area contributed by atoms with E-state index < -0.39 is 0 Å². The van der Waals surface area contributed by atoms with Gasteiger partial charge in [-0.2, -0.15) is 0 Å². The average molecular weight is 309 g/mol. The summed E-state index contributed by atoms with van der Waals surface area (Å²) >= 11 is 6.01. The van der Waals surface area contributed by atoms with Crippen molar-refractivity contribution in [2.75, 3.05) is 6.61 Å². The van der Waals surface area contributed by atoms with Crippen LogP contribution in [-0.2, 0) is 11.2 Å². The van der Waals surface area contributed by atoms with Gasteiger partial charge in [-0.25, -0.2) is 0 Å². The lowest BCUT2D eigenvalue weighted by molar-refractivity contribution is -0.127. The van der Waals surface area contributed by atoms with Crippen molar-refractivity contribution in [1.82, 2.24) is 5.32 Å². The molecular weight excluding hydrogens is 288 g/mol. The fourth-order valence-electron chi connectivity index (χ4n) is 3.11. The van der Waals surface area contributed by atoms with Crippen molar-refractivity contribution in [3.05, 3.63) is 28.8 Å². The zero-order chi connectivity index (χ0) is 14.8. The van der Waals surface area contributed by atoms with Crippen molar-refractivity contribution in [3.8, 4) is 5.75 Å². The number of halogens is 1. The Balaban J connectivity index is 1.59. The molecule has 114 valence electrons. The maximum Gasteiger partial charge on any atom is 0.227 e. The van der Waals surface area contributed by atoms with Crippen LogP contribution in [0.4, 0.5) is 0 Å². The predicted molar refractivity (Wildman–Crippen MR) is 82.5 cm³/mol. The van der Waals surface area contributed by atoms with Crippen LogP contribution in [0.2, 0.25) is 5.02 Å². The van der Waals surface area contributed by atoms with Crippen LogP contribution in [0.25, 0.3) is 0 Å².